The van der Waals surface area contributed by atoms with Gasteiger partial charge in [0, 0.05) is 63.3 Å². The van der Waals surface area contributed by atoms with Gasteiger partial charge in [0.05, 0.1) is 0 Å². The summed E-state index contributed by atoms with van der Waals surface area (Å²) in [5, 5.41) is 0. The van der Waals surface area contributed by atoms with Crippen molar-refractivity contribution in [2.75, 3.05) is 39.3 Å². The summed E-state index contributed by atoms with van der Waals surface area (Å²) in [5.74, 6) is 1.11. The maximum Gasteiger partial charge on any atom is 0.101 e. The highest BCUT2D eigenvalue weighted by atomic mass is 19.1. The van der Waals surface area contributed by atoms with Crippen molar-refractivity contribution in [3.05, 3.63) is 36.2 Å². The Morgan fingerprint density at radius 2 is 1.45 bits per heavy atom. The molecule has 3 aliphatic rings. The highest BCUT2D eigenvalue weighted by Crippen LogP contribution is 2.35. The van der Waals surface area contributed by atoms with E-state index in [1.807, 2.05) is 6.08 Å². The molecule has 3 nitrogen and oxygen atoms in total. The molecule has 4 unspecified atom stereocenters. The van der Waals surface area contributed by atoms with Crippen molar-refractivity contribution < 1.29 is 4.39 Å². The van der Waals surface area contributed by atoms with Crippen LogP contribution in [0.5, 0.6) is 0 Å². The topological polar surface area (TPSA) is 9.72 Å². The zero-order chi connectivity index (χ0) is 22.5. The molecule has 4 heteroatoms. The van der Waals surface area contributed by atoms with Crippen LogP contribution < -0.4 is 0 Å². The van der Waals surface area contributed by atoms with Gasteiger partial charge >= 0.3 is 0 Å². The van der Waals surface area contributed by atoms with E-state index < -0.39 is 0 Å². The molecule has 4 atom stereocenters. The van der Waals surface area contributed by atoms with E-state index in [2.05, 4.69) is 80.5 Å². The van der Waals surface area contributed by atoms with Crippen LogP contribution in [-0.4, -0.2) is 72.1 Å². The summed E-state index contributed by atoms with van der Waals surface area (Å²) in [6.45, 7) is 19.5. The van der Waals surface area contributed by atoms with Gasteiger partial charge in [-0.2, -0.15) is 0 Å². The van der Waals surface area contributed by atoms with Crippen LogP contribution in [0.1, 0.15) is 54.4 Å². The molecule has 0 fully saturated rings. The van der Waals surface area contributed by atoms with Gasteiger partial charge in [-0.15, -0.1) is 0 Å². The van der Waals surface area contributed by atoms with Crippen LogP contribution in [0.3, 0.4) is 0 Å². The van der Waals surface area contributed by atoms with Crippen molar-refractivity contribution in [2.24, 2.45) is 23.7 Å². The molecule has 0 saturated heterocycles. The summed E-state index contributed by atoms with van der Waals surface area (Å²) in [6.07, 6.45) is 13.4. The van der Waals surface area contributed by atoms with Crippen molar-refractivity contribution >= 4 is 0 Å². The van der Waals surface area contributed by atoms with Crippen LogP contribution in [0.4, 0.5) is 4.39 Å². The second-order valence-electron chi connectivity index (χ2n) is 10.9. The Bertz CT molecular complexity index is 651. The standard InChI is InChI=1S/C27H46FN3/c1-20(2)29-13-9-7-11-23(16-29)25-15-27(28)26(19-31(18-25)22(5)6)24-12-8-10-14-30(17-24)21(3)4/h7-8,10-11,15,20-26H,9,12-14,16-19H2,1-6H3. The van der Waals surface area contributed by atoms with Crippen LogP contribution >= 0.6 is 0 Å². The molecule has 0 aliphatic carbocycles. The maximum absolute atomic E-state index is 15.9. The fourth-order valence-electron chi connectivity index (χ4n) is 5.45. The molecule has 0 N–H and O–H groups in total. The lowest BCUT2D eigenvalue weighted by atomic mass is 9.86. The summed E-state index contributed by atoms with van der Waals surface area (Å²) < 4.78 is 15.9. The van der Waals surface area contributed by atoms with Crippen LogP contribution in [0.15, 0.2) is 36.2 Å². The minimum Gasteiger partial charge on any atom is -0.300 e. The van der Waals surface area contributed by atoms with E-state index >= 15 is 4.39 Å². The Balaban J connectivity index is 1.85. The zero-order valence-corrected chi connectivity index (χ0v) is 20.8. The summed E-state index contributed by atoms with van der Waals surface area (Å²) in [7, 11) is 0. The van der Waals surface area contributed by atoms with E-state index in [-0.39, 0.29) is 17.7 Å². The van der Waals surface area contributed by atoms with Crippen LogP contribution in [0.25, 0.3) is 0 Å². The lowest BCUT2D eigenvalue weighted by Crippen LogP contribution is -2.43. The first kappa shape index (κ1) is 24.7. The van der Waals surface area contributed by atoms with Crippen molar-refractivity contribution in [2.45, 2.75) is 72.5 Å². The van der Waals surface area contributed by atoms with Crippen LogP contribution in [0, 0.1) is 23.7 Å². The summed E-state index contributed by atoms with van der Waals surface area (Å²) in [4.78, 5) is 7.61. The molecular formula is C27H46FN3. The first-order chi connectivity index (χ1) is 14.8. The second kappa shape index (κ2) is 11.2. The third-order valence-corrected chi connectivity index (χ3v) is 7.74. The number of rotatable bonds is 5. The van der Waals surface area contributed by atoms with Crippen molar-refractivity contribution in [3.8, 4) is 0 Å². The molecule has 0 aromatic heterocycles. The minimum atomic E-state index is -0.00707. The van der Waals surface area contributed by atoms with Gasteiger partial charge in [-0.05, 0) is 78.2 Å². The predicted molar refractivity (Wildman–Crippen MR) is 131 cm³/mol. The van der Waals surface area contributed by atoms with Gasteiger partial charge in [0.25, 0.3) is 0 Å². The molecule has 31 heavy (non-hydrogen) atoms. The molecule has 0 saturated carbocycles. The third kappa shape index (κ3) is 6.52. The Kier molecular flexibility index (Phi) is 8.95. The molecule has 3 heterocycles. The molecule has 0 bridgehead atoms. The molecular weight excluding hydrogens is 385 g/mol. The van der Waals surface area contributed by atoms with Gasteiger partial charge in [-0.3, -0.25) is 9.80 Å². The molecule has 0 aromatic carbocycles. The molecule has 0 spiro atoms. The fraction of sp³-hybridized carbons (Fsp3) is 0.778. The van der Waals surface area contributed by atoms with Crippen LogP contribution in [-0.2, 0) is 0 Å². The first-order valence-corrected chi connectivity index (χ1v) is 12.7. The molecule has 0 aromatic rings. The predicted octanol–water partition coefficient (Wildman–Crippen LogP) is 5.37. The van der Waals surface area contributed by atoms with Crippen LogP contribution in [0.2, 0.25) is 0 Å². The molecule has 3 aliphatic heterocycles. The molecule has 0 radical (unpaired) electrons. The Labute approximate surface area is 191 Å². The number of hydrogen-bond donors (Lipinski definition) is 0. The third-order valence-electron chi connectivity index (χ3n) is 7.74. The summed E-state index contributed by atoms with van der Waals surface area (Å²) in [5.41, 5.74) is 0. The molecule has 0 amide bonds. The Morgan fingerprint density at radius 3 is 2.13 bits per heavy atom. The number of halogens is 1. The van der Waals surface area contributed by atoms with E-state index in [4.69, 9.17) is 0 Å². The van der Waals surface area contributed by atoms with E-state index in [1.54, 1.807) is 0 Å². The largest absolute Gasteiger partial charge is 0.300 e. The SMILES string of the molecule is CC(C)N1CCC=CC(C2C=C(F)C(C3CC=CCN(C(C)C)C3)CN(C(C)C)C2)C1. The van der Waals surface area contributed by atoms with E-state index in [0.29, 0.717) is 30.0 Å². The van der Waals surface area contributed by atoms with Gasteiger partial charge < -0.3 is 4.90 Å². The maximum atomic E-state index is 15.9. The summed E-state index contributed by atoms with van der Waals surface area (Å²) >= 11 is 0. The van der Waals surface area contributed by atoms with Gasteiger partial charge in [0.2, 0.25) is 0 Å². The highest BCUT2D eigenvalue weighted by molar-refractivity contribution is 5.13. The Morgan fingerprint density at radius 1 is 0.774 bits per heavy atom. The smallest absolute Gasteiger partial charge is 0.101 e. The average molecular weight is 432 g/mol. The average Bonchev–Trinajstić information content (AvgIpc) is 3.16. The zero-order valence-electron chi connectivity index (χ0n) is 20.8. The van der Waals surface area contributed by atoms with E-state index in [9.17, 15) is 0 Å². The fourth-order valence-corrected chi connectivity index (χ4v) is 5.45. The highest BCUT2D eigenvalue weighted by Gasteiger charge is 2.36. The van der Waals surface area contributed by atoms with Gasteiger partial charge in [0.1, 0.15) is 5.83 Å². The van der Waals surface area contributed by atoms with Gasteiger partial charge in [0.15, 0.2) is 0 Å². The van der Waals surface area contributed by atoms with E-state index in [1.165, 1.54) is 0 Å². The van der Waals surface area contributed by atoms with Crippen molar-refractivity contribution in [3.63, 3.8) is 0 Å². The molecule has 3 rings (SSSR count). The second-order valence-corrected chi connectivity index (χ2v) is 10.9. The van der Waals surface area contributed by atoms with E-state index in [0.717, 1.165) is 52.1 Å². The lowest BCUT2D eigenvalue weighted by molar-refractivity contribution is 0.121. The van der Waals surface area contributed by atoms with Gasteiger partial charge in [-0.25, -0.2) is 4.39 Å². The van der Waals surface area contributed by atoms with Gasteiger partial charge in [-0.1, -0.05) is 24.3 Å². The summed E-state index contributed by atoms with van der Waals surface area (Å²) in [6, 6.07) is 1.47. The number of nitrogens with zero attached hydrogens (tertiary/aromatic N) is 3. The van der Waals surface area contributed by atoms with Crippen molar-refractivity contribution in [1.82, 2.24) is 14.7 Å². The normalized spacial score (nSPS) is 32.4. The first-order valence-electron chi connectivity index (χ1n) is 12.7. The molecule has 176 valence electrons. The monoisotopic (exact) mass is 431 g/mol. The lowest BCUT2D eigenvalue weighted by Gasteiger charge is -2.36. The Hall–Kier alpha value is -0.970. The minimum absolute atomic E-state index is 0.00707. The quantitative estimate of drug-likeness (QED) is 0.542. The number of allylic oxidation sites excluding steroid dienone is 1. The van der Waals surface area contributed by atoms with Crippen molar-refractivity contribution in [1.29, 1.82) is 0 Å². The number of hydrogen-bond acceptors (Lipinski definition) is 3.